The number of methoxy groups -OCH3 is 1. The lowest BCUT2D eigenvalue weighted by molar-refractivity contribution is -0.173. The van der Waals surface area contributed by atoms with Crippen LogP contribution in [-0.2, 0) is 33.3 Å². The molecule has 0 aromatic carbocycles. The highest BCUT2D eigenvalue weighted by molar-refractivity contribution is 6.04. The van der Waals surface area contributed by atoms with E-state index in [0.717, 1.165) is 12.8 Å². The summed E-state index contributed by atoms with van der Waals surface area (Å²) in [4.78, 5) is 38.9. The van der Waals surface area contributed by atoms with E-state index in [1.807, 2.05) is 0 Å². The van der Waals surface area contributed by atoms with Gasteiger partial charge in [-0.3, -0.25) is 4.79 Å². The van der Waals surface area contributed by atoms with Crippen LogP contribution in [0.4, 0.5) is 0 Å². The maximum atomic E-state index is 13.2. The minimum absolute atomic E-state index is 0.0311. The SMILES string of the molecule is COC1C2=C(C(=O)OC2C2(O)C(=O)OCC2C)C23CCCC(C)(C)C2C1OC3=O. The molecule has 5 aliphatic rings. The van der Waals surface area contributed by atoms with Crippen molar-refractivity contribution in [1.29, 1.82) is 0 Å². The number of cyclic esters (lactones) is 2. The van der Waals surface area contributed by atoms with E-state index in [-0.39, 0.29) is 23.5 Å². The van der Waals surface area contributed by atoms with Crippen LogP contribution in [0.25, 0.3) is 0 Å². The number of carbonyl (C=O) groups is 3. The molecule has 8 nitrogen and oxygen atoms in total. The number of hydrogen-bond donors (Lipinski definition) is 1. The van der Waals surface area contributed by atoms with Gasteiger partial charge in [-0.05, 0) is 18.3 Å². The largest absolute Gasteiger partial charge is 0.463 e. The van der Waals surface area contributed by atoms with Crippen LogP contribution in [0, 0.1) is 22.7 Å². The number of rotatable bonds is 2. The van der Waals surface area contributed by atoms with Gasteiger partial charge in [0.05, 0.1) is 12.2 Å². The van der Waals surface area contributed by atoms with E-state index in [1.54, 1.807) is 6.92 Å². The Morgan fingerprint density at radius 1 is 1.10 bits per heavy atom. The average Bonchev–Trinajstić information content (AvgIpc) is 3.22. The molecule has 5 rings (SSSR count). The first-order valence-corrected chi connectivity index (χ1v) is 10.2. The summed E-state index contributed by atoms with van der Waals surface area (Å²) >= 11 is 0. The van der Waals surface area contributed by atoms with Crippen LogP contribution < -0.4 is 0 Å². The first-order valence-electron chi connectivity index (χ1n) is 10.2. The normalized spacial score (nSPS) is 47.5. The van der Waals surface area contributed by atoms with Gasteiger partial charge in [-0.2, -0.15) is 0 Å². The Bertz CT molecular complexity index is 859. The van der Waals surface area contributed by atoms with Gasteiger partial charge in [0.15, 0.2) is 6.10 Å². The quantitative estimate of drug-likeness (QED) is 0.532. The summed E-state index contributed by atoms with van der Waals surface area (Å²) in [5.74, 6) is -2.75. The van der Waals surface area contributed by atoms with Crippen molar-refractivity contribution in [3.05, 3.63) is 11.1 Å². The van der Waals surface area contributed by atoms with Crippen LogP contribution in [0.5, 0.6) is 0 Å². The van der Waals surface area contributed by atoms with Gasteiger partial charge < -0.3 is 24.1 Å². The molecule has 2 aliphatic carbocycles. The van der Waals surface area contributed by atoms with Crippen molar-refractivity contribution >= 4 is 17.9 Å². The van der Waals surface area contributed by atoms with Gasteiger partial charge in [-0.1, -0.05) is 27.2 Å². The summed E-state index contributed by atoms with van der Waals surface area (Å²) in [6.07, 6.45) is -0.480. The van der Waals surface area contributed by atoms with Gasteiger partial charge in [0, 0.05) is 24.5 Å². The highest BCUT2D eigenvalue weighted by atomic mass is 16.6. The number of ether oxygens (including phenoxy) is 4. The average molecular weight is 406 g/mol. The van der Waals surface area contributed by atoms with Gasteiger partial charge in [0.1, 0.15) is 17.6 Å². The Morgan fingerprint density at radius 2 is 1.83 bits per heavy atom. The first-order chi connectivity index (χ1) is 13.6. The molecule has 0 aromatic heterocycles. The van der Waals surface area contributed by atoms with Crippen LogP contribution in [0.2, 0.25) is 0 Å². The van der Waals surface area contributed by atoms with Gasteiger partial charge >= 0.3 is 17.9 Å². The Kier molecular flexibility index (Phi) is 3.68. The molecule has 3 aliphatic heterocycles. The molecule has 0 radical (unpaired) electrons. The maximum absolute atomic E-state index is 13.2. The lowest BCUT2D eigenvalue weighted by atomic mass is 9.49. The van der Waals surface area contributed by atoms with Crippen LogP contribution >= 0.6 is 0 Å². The molecule has 158 valence electrons. The molecule has 2 saturated heterocycles. The summed E-state index contributed by atoms with van der Waals surface area (Å²) < 4.78 is 22.3. The van der Waals surface area contributed by atoms with Gasteiger partial charge in [0.2, 0.25) is 5.60 Å². The predicted molar refractivity (Wildman–Crippen MR) is 96.2 cm³/mol. The van der Waals surface area contributed by atoms with Crippen LogP contribution in [-0.4, -0.2) is 60.6 Å². The van der Waals surface area contributed by atoms with Crippen molar-refractivity contribution in [2.24, 2.45) is 22.7 Å². The second-order valence-electron chi connectivity index (χ2n) is 9.76. The molecule has 2 bridgehead atoms. The van der Waals surface area contributed by atoms with E-state index in [2.05, 4.69) is 13.8 Å². The lowest BCUT2D eigenvalue weighted by Crippen LogP contribution is -2.58. The summed E-state index contributed by atoms with van der Waals surface area (Å²) in [6, 6.07) is 0. The molecule has 0 aromatic rings. The minimum atomic E-state index is -2.01. The zero-order valence-electron chi connectivity index (χ0n) is 17.0. The third kappa shape index (κ3) is 1.99. The van der Waals surface area contributed by atoms with Crippen molar-refractivity contribution in [1.82, 2.24) is 0 Å². The Labute approximate surface area is 168 Å². The maximum Gasteiger partial charge on any atom is 0.342 e. The number of hydrogen-bond acceptors (Lipinski definition) is 8. The van der Waals surface area contributed by atoms with Crippen molar-refractivity contribution in [2.75, 3.05) is 13.7 Å². The molecular weight excluding hydrogens is 380 g/mol. The Morgan fingerprint density at radius 3 is 2.45 bits per heavy atom. The third-order valence-corrected chi connectivity index (χ3v) is 7.95. The van der Waals surface area contributed by atoms with Crippen LogP contribution in [0.15, 0.2) is 11.1 Å². The molecule has 7 atom stereocenters. The van der Waals surface area contributed by atoms with E-state index in [4.69, 9.17) is 18.9 Å². The molecule has 29 heavy (non-hydrogen) atoms. The smallest absolute Gasteiger partial charge is 0.342 e. The fourth-order valence-corrected chi connectivity index (χ4v) is 6.66. The van der Waals surface area contributed by atoms with Gasteiger partial charge in [-0.15, -0.1) is 0 Å². The fourth-order valence-electron chi connectivity index (χ4n) is 6.66. The number of esters is 3. The summed E-state index contributed by atoms with van der Waals surface area (Å²) in [5, 5.41) is 11.3. The van der Waals surface area contributed by atoms with Gasteiger partial charge in [-0.25, -0.2) is 9.59 Å². The van der Waals surface area contributed by atoms with E-state index < -0.39 is 53.2 Å². The second-order valence-corrected chi connectivity index (χ2v) is 9.76. The second kappa shape index (κ2) is 5.60. The van der Waals surface area contributed by atoms with Crippen molar-refractivity contribution in [3.8, 4) is 0 Å². The summed E-state index contributed by atoms with van der Waals surface area (Å²) in [5.41, 5.74) is -2.79. The predicted octanol–water partition coefficient (Wildman–Crippen LogP) is 0.899. The minimum Gasteiger partial charge on any atom is -0.463 e. The van der Waals surface area contributed by atoms with Crippen LogP contribution in [0.3, 0.4) is 0 Å². The lowest BCUT2D eigenvalue weighted by Gasteiger charge is -2.51. The molecule has 1 N–H and O–H groups in total. The number of carbonyl (C=O) groups excluding carboxylic acids is 3. The summed E-state index contributed by atoms with van der Waals surface area (Å²) in [6.45, 7) is 5.87. The van der Waals surface area contributed by atoms with Gasteiger partial charge in [0.25, 0.3) is 0 Å². The van der Waals surface area contributed by atoms with Crippen molar-refractivity contribution in [2.45, 2.75) is 63.9 Å². The fraction of sp³-hybridized carbons (Fsp3) is 0.762. The molecule has 7 unspecified atom stereocenters. The molecule has 3 heterocycles. The Hall–Kier alpha value is -1.93. The van der Waals surface area contributed by atoms with Crippen molar-refractivity contribution < 1.29 is 38.4 Å². The van der Waals surface area contributed by atoms with E-state index in [9.17, 15) is 19.5 Å². The highest BCUT2D eigenvalue weighted by Gasteiger charge is 2.75. The highest BCUT2D eigenvalue weighted by Crippen LogP contribution is 2.67. The molecule has 3 fully saturated rings. The molecular formula is C21H26O8. The number of aliphatic hydroxyl groups is 1. The molecule has 0 spiro atoms. The zero-order chi connectivity index (χ0) is 20.9. The zero-order valence-corrected chi connectivity index (χ0v) is 17.0. The van der Waals surface area contributed by atoms with E-state index in [1.165, 1.54) is 7.11 Å². The standard InChI is InChI=1S/C21H26O8/c1-9-8-27-18(24)21(9,25)15-10-11(16(22)29-15)20-7-5-6-19(2,3)14(20)13(12(10)26-4)28-17(20)23/h9,12-15,25H,5-8H2,1-4H3. The topological polar surface area (TPSA) is 108 Å². The van der Waals surface area contributed by atoms with Crippen molar-refractivity contribution in [3.63, 3.8) is 0 Å². The summed E-state index contributed by atoms with van der Waals surface area (Å²) in [7, 11) is 1.48. The van der Waals surface area contributed by atoms with E-state index in [0.29, 0.717) is 12.0 Å². The monoisotopic (exact) mass is 406 g/mol. The Balaban J connectivity index is 1.75. The first kappa shape index (κ1) is 19.1. The molecule has 8 heteroatoms. The molecule has 1 saturated carbocycles. The molecule has 0 amide bonds. The van der Waals surface area contributed by atoms with Crippen LogP contribution in [0.1, 0.15) is 40.0 Å². The third-order valence-electron chi connectivity index (χ3n) is 7.95. The van der Waals surface area contributed by atoms with E-state index >= 15 is 0 Å².